The van der Waals surface area contributed by atoms with Gasteiger partial charge in [-0.1, -0.05) is 6.92 Å². The predicted octanol–water partition coefficient (Wildman–Crippen LogP) is 4.45. The molecule has 104 valence electrons. The third-order valence-electron chi connectivity index (χ3n) is 2.63. The van der Waals surface area contributed by atoms with Crippen molar-refractivity contribution in [2.24, 2.45) is 0 Å². The highest BCUT2D eigenvalue weighted by Crippen LogP contribution is 2.32. The van der Waals surface area contributed by atoms with Crippen molar-refractivity contribution in [2.75, 3.05) is 7.11 Å². The van der Waals surface area contributed by atoms with Crippen LogP contribution in [0.4, 0.5) is 13.2 Å². The molecular formula is C15H17F3O. The summed E-state index contributed by atoms with van der Waals surface area (Å²) in [5.41, 5.74) is -0.104. The van der Waals surface area contributed by atoms with Crippen molar-refractivity contribution in [3.05, 3.63) is 29.3 Å². The lowest BCUT2D eigenvalue weighted by atomic mass is 10.0. The second-order valence-corrected chi connectivity index (χ2v) is 4.13. The van der Waals surface area contributed by atoms with Crippen LogP contribution in [0.3, 0.4) is 0 Å². The first-order valence-corrected chi connectivity index (χ1v) is 6.19. The third-order valence-corrected chi connectivity index (χ3v) is 2.63. The monoisotopic (exact) mass is 270 g/mol. The Balaban J connectivity index is 2.83. The van der Waals surface area contributed by atoms with Crippen LogP contribution in [0.2, 0.25) is 0 Å². The molecule has 0 atom stereocenters. The lowest BCUT2D eigenvalue weighted by molar-refractivity contribution is -0.137. The molecule has 0 radical (unpaired) electrons. The average Bonchev–Trinajstić information content (AvgIpc) is 2.37. The van der Waals surface area contributed by atoms with Crippen molar-refractivity contribution < 1.29 is 17.9 Å². The van der Waals surface area contributed by atoms with E-state index in [1.807, 2.05) is 6.92 Å². The van der Waals surface area contributed by atoms with Gasteiger partial charge in [0.05, 0.1) is 12.7 Å². The van der Waals surface area contributed by atoms with Crippen molar-refractivity contribution >= 4 is 0 Å². The number of ether oxygens (including phenoxy) is 1. The molecule has 0 amide bonds. The number of benzene rings is 1. The van der Waals surface area contributed by atoms with E-state index in [0.717, 1.165) is 25.0 Å². The number of rotatable bonds is 4. The maximum Gasteiger partial charge on any atom is 0.416 e. The SMILES string of the molecule is CCCC#CCCc1cc(C(F)(F)F)ccc1OC. The van der Waals surface area contributed by atoms with Crippen LogP contribution < -0.4 is 4.74 Å². The molecule has 0 saturated heterocycles. The molecule has 0 saturated carbocycles. The second-order valence-electron chi connectivity index (χ2n) is 4.13. The molecule has 0 bridgehead atoms. The molecule has 0 aromatic heterocycles. The van der Waals surface area contributed by atoms with Crippen LogP contribution in [0.15, 0.2) is 18.2 Å². The molecule has 1 aromatic rings. The molecule has 19 heavy (non-hydrogen) atoms. The fraction of sp³-hybridized carbons (Fsp3) is 0.467. The summed E-state index contributed by atoms with van der Waals surface area (Å²) in [7, 11) is 1.45. The van der Waals surface area contributed by atoms with Crippen LogP contribution in [-0.4, -0.2) is 7.11 Å². The predicted molar refractivity (Wildman–Crippen MR) is 69.0 cm³/mol. The molecule has 1 rings (SSSR count). The Bertz CT molecular complexity index is 467. The Morgan fingerprint density at radius 1 is 1.16 bits per heavy atom. The summed E-state index contributed by atoms with van der Waals surface area (Å²) in [4.78, 5) is 0. The smallest absolute Gasteiger partial charge is 0.416 e. The first kappa shape index (κ1) is 15.4. The largest absolute Gasteiger partial charge is 0.496 e. The molecule has 0 aliphatic rings. The molecule has 4 heteroatoms. The third kappa shape index (κ3) is 4.86. The highest BCUT2D eigenvalue weighted by atomic mass is 19.4. The summed E-state index contributed by atoms with van der Waals surface area (Å²) >= 11 is 0. The van der Waals surface area contributed by atoms with Crippen LogP contribution >= 0.6 is 0 Å². The van der Waals surface area contributed by atoms with Gasteiger partial charge in [-0.15, -0.1) is 11.8 Å². The van der Waals surface area contributed by atoms with E-state index in [0.29, 0.717) is 24.2 Å². The van der Waals surface area contributed by atoms with Gasteiger partial charge in [-0.25, -0.2) is 0 Å². The summed E-state index contributed by atoms with van der Waals surface area (Å²) in [5.74, 6) is 6.41. The summed E-state index contributed by atoms with van der Waals surface area (Å²) in [6.45, 7) is 2.03. The van der Waals surface area contributed by atoms with Gasteiger partial charge in [0.25, 0.3) is 0 Å². The Labute approximate surface area is 111 Å². The summed E-state index contributed by atoms with van der Waals surface area (Å²) < 4.78 is 42.9. The lowest BCUT2D eigenvalue weighted by Crippen LogP contribution is -2.06. The number of aryl methyl sites for hydroxylation is 1. The fourth-order valence-corrected chi connectivity index (χ4v) is 1.65. The molecule has 0 fully saturated rings. The maximum absolute atomic E-state index is 12.6. The fourth-order valence-electron chi connectivity index (χ4n) is 1.65. The number of hydrogen-bond donors (Lipinski definition) is 0. The van der Waals surface area contributed by atoms with E-state index in [1.165, 1.54) is 13.2 Å². The Hall–Kier alpha value is -1.63. The van der Waals surface area contributed by atoms with Gasteiger partial charge in [0, 0.05) is 12.8 Å². The first-order chi connectivity index (χ1) is 8.99. The molecule has 1 aromatic carbocycles. The zero-order valence-electron chi connectivity index (χ0n) is 11.1. The lowest BCUT2D eigenvalue weighted by Gasteiger charge is -2.11. The van der Waals surface area contributed by atoms with Gasteiger partial charge in [-0.3, -0.25) is 0 Å². The number of alkyl halides is 3. The molecule has 0 spiro atoms. The molecular weight excluding hydrogens is 253 g/mol. The molecule has 1 nitrogen and oxygen atoms in total. The van der Waals surface area contributed by atoms with Gasteiger partial charge < -0.3 is 4.74 Å². The maximum atomic E-state index is 12.6. The molecule has 0 heterocycles. The minimum Gasteiger partial charge on any atom is -0.496 e. The van der Waals surface area contributed by atoms with Crippen LogP contribution in [0, 0.1) is 11.8 Å². The Morgan fingerprint density at radius 2 is 1.84 bits per heavy atom. The second kappa shape index (κ2) is 7.08. The highest BCUT2D eigenvalue weighted by Gasteiger charge is 2.30. The number of halogens is 3. The van der Waals surface area contributed by atoms with Crippen LogP contribution in [0.1, 0.15) is 37.3 Å². The minimum atomic E-state index is -4.32. The van der Waals surface area contributed by atoms with Gasteiger partial charge >= 0.3 is 6.18 Å². The minimum absolute atomic E-state index is 0.462. The summed E-state index contributed by atoms with van der Waals surface area (Å²) in [6, 6.07) is 3.53. The van der Waals surface area contributed by atoms with Gasteiger partial charge in [-0.2, -0.15) is 13.2 Å². The van der Waals surface area contributed by atoms with Crippen molar-refractivity contribution in [2.45, 2.75) is 38.8 Å². The molecule has 0 aliphatic heterocycles. The van der Waals surface area contributed by atoms with E-state index in [9.17, 15) is 13.2 Å². The van der Waals surface area contributed by atoms with Crippen LogP contribution in [0.5, 0.6) is 5.75 Å². The molecule has 0 N–H and O–H groups in total. The molecule has 0 unspecified atom stereocenters. The number of methoxy groups -OCH3 is 1. The van der Waals surface area contributed by atoms with Crippen molar-refractivity contribution in [3.63, 3.8) is 0 Å². The van der Waals surface area contributed by atoms with Crippen molar-refractivity contribution in [1.82, 2.24) is 0 Å². The Kier molecular flexibility index (Phi) is 5.75. The zero-order chi connectivity index (χ0) is 14.3. The van der Waals surface area contributed by atoms with E-state index in [4.69, 9.17) is 4.74 Å². The van der Waals surface area contributed by atoms with Gasteiger partial charge in [-0.05, 0) is 36.6 Å². The normalized spacial score (nSPS) is 10.8. The van der Waals surface area contributed by atoms with E-state index < -0.39 is 11.7 Å². The van der Waals surface area contributed by atoms with Gasteiger partial charge in [0.1, 0.15) is 5.75 Å². The molecule has 0 aliphatic carbocycles. The quantitative estimate of drug-likeness (QED) is 0.734. The highest BCUT2D eigenvalue weighted by molar-refractivity contribution is 5.38. The van der Waals surface area contributed by atoms with Crippen LogP contribution in [0.25, 0.3) is 0 Å². The van der Waals surface area contributed by atoms with Crippen molar-refractivity contribution in [3.8, 4) is 17.6 Å². The van der Waals surface area contributed by atoms with E-state index in [-0.39, 0.29) is 0 Å². The zero-order valence-corrected chi connectivity index (χ0v) is 11.1. The summed E-state index contributed by atoms with van der Waals surface area (Å²) in [5, 5.41) is 0. The Morgan fingerprint density at radius 3 is 2.42 bits per heavy atom. The van der Waals surface area contributed by atoms with E-state index in [1.54, 1.807) is 0 Å². The van der Waals surface area contributed by atoms with Crippen LogP contribution in [-0.2, 0) is 12.6 Å². The van der Waals surface area contributed by atoms with Crippen molar-refractivity contribution in [1.29, 1.82) is 0 Å². The average molecular weight is 270 g/mol. The topological polar surface area (TPSA) is 9.23 Å². The summed E-state index contributed by atoms with van der Waals surface area (Å²) in [6.07, 6.45) is -1.52. The van der Waals surface area contributed by atoms with E-state index in [2.05, 4.69) is 11.8 Å². The standard InChI is InChI=1S/C15H17F3O/c1-3-4-5-6-7-8-12-11-13(15(16,17)18)9-10-14(12)19-2/h9-11H,3-4,7-8H2,1-2H3. The number of hydrogen-bond acceptors (Lipinski definition) is 1. The van der Waals surface area contributed by atoms with E-state index >= 15 is 0 Å². The van der Waals surface area contributed by atoms with Gasteiger partial charge in [0.2, 0.25) is 0 Å². The number of unbranched alkanes of at least 4 members (excludes halogenated alkanes) is 1. The first-order valence-electron chi connectivity index (χ1n) is 6.19. The van der Waals surface area contributed by atoms with Gasteiger partial charge in [0.15, 0.2) is 0 Å².